The predicted molar refractivity (Wildman–Crippen MR) is 105 cm³/mol. The van der Waals surface area contributed by atoms with Crippen LogP contribution >= 0.6 is 23.1 Å². The summed E-state index contributed by atoms with van der Waals surface area (Å²) in [7, 11) is 0. The standard InChI is InChI=1S/C18H17N5O2S2/c24-15(20-17(25)19-12-8-9-12)11-27-18-22-21-16(14-7-4-10-26-14)23(18)13-5-2-1-3-6-13/h1-7,10,12H,8-9,11H2,(H2,19,20,24,25). The predicted octanol–water partition coefficient (Wildman–Crippen LogP) is 3.08. The highest BCUT2D eigenvalue weighted by Gasteiger charge is 2.24. The van der Waals surface area contributed by atoms with Gasteiger partial charge in [-0.05, 0) is 36.4 Å². The molecular formula is C18H17N5O2S2. The van der Waals surface area contributed by atoms with Crippen molar-refractivity contribution in [1.29, 1.82) is 0 Å². The molecule has 0 atom stereocenters. The van der Waals surface area contributed by atoms with Crippen LogP contribution in [0.25, 0.3) is 16.4 Å². The monoisotopic (exact) mass is 399 g/mol. The number of carbonyl (C=O) groups excluding carboxylic acids is 2. The summed E-state index contributed by atoms with van der Waals surface area (Å²) in [6.45, 7) is 0. The Hall–Kier alpha value is -2.65. The number of amides is 3. The van der Waals surface area contributed by atoms with Gasteiger partial charge in [0.15, 0.2) is 11.0 Å². The lowest BCUT2D eigenvalue weighted by Crippen LogP contribution is -2.41. The Morgan fingerprint density at radius 2 is 1.96 bits per heavy atom. The molecule has 0 aliphatic heterocycles. The number of para-hydroxylation sites is 1. The van der Waals surface area contributed by atoms with E-state index in [4.69, 9.17) is 0 Å². The molecule has 0 saturated heterocycles. The second-order valence-electron chi connectivity index (χ2n) is 6.04. The van der Waals surface area contributed by atoms with Crippen molar-refractivity contribution in [3.05, 3.63) is 47.8 Å². The zero-order valence-corrected chi connectivity index (χ0v) is 15.9. The van der Waals surface area contributed by atoms with E-state index in [9.17, 15) is 9.59 Å². The smallest absolute Gasteiger partial charge is 0.321 e. The molecular weight excluding hydrogens is 382 g/mol. The number of rotatable bonds is 6. The molecule has 27 heavy (non-hydrogen) atoms. The third kappa shape index (κ3) is 4.37. The highest BCUT2D eigenvalue weighted by Crippen LogP contribution is 2.30. The van der Waals surface area contributed by atoms with Crippen molar-refractivity contribution in [3.8, 4) is 16.4 Å². The minimum absolute atomic E-state index is 0.0769. The molecule has 2 heterocycles. The fourth-order valence-corrected chi connectivity index (χ4v) is 3.93. The second-order valence-corrected chi connectivity index (χ2v) is 7.93. The van der Waals surface area contributed by atoms with Crippen molar-refractivity contribution >= 4 is 35.0 Å². The lowest BCUT2D eigenvalue weighted by molar-refractivity contribution is -0.117. The second kappa shape index (κ2) is 7.93. The molecule has 3 aromatic rings. The first-order valence-electron chi connectivity index (χ1n) is 8.48. The quantitative estimate of drug-likeness (QED) is 0.622. The highest BCUT2D eigenvalue weighted by atomic mass is 32.2. The van der Waals surface area contributed by atoms with Crippen LogP contribution in [0.2, 0.25) is 0 Å². The molecule has 0 spiro atoms. The maximum absolute atomic E-state index is 12.1. The molecule has 0 bridgehead atoms. The van der Waals surface area contributed by atoms with E-state index in [1.807, 2.05) is 52.4 Å². The Balaban J connectivity index is 1.50. The van der Waals surface area contributed by atoms with Crippen LogP contribution in [0.15, 0.2) is 53.0 Å². The molecule has 0 radical (unpaired) electrons. The number of hydrogen-bond acceptors (Lipinski definition) is 6. The van der Waals surface area contributed by atoms with Gasteiger partial charge in [0, 0.05) is 11.7 Å². The largest absolute Gasteiger partial charge is 0.335 e. The van der Waals surface area contributed by atoms with E-state index in [-0.39, 0.29) is 17.7 Å². The molecule has 1 fully saturated rings. The Morgan fingerprint density at radius 1 is 1.15 bits per heavy atom. The maximum Gasteiger partial charge on any atom is 0.321 e. The third-order valence-corrected chi connectivity index (χ3v) is 5.68. The highest BCUT2D eigenvalue weighted by molar-refractivity contribution is 7.99. The van der Waals surface area contributed by atoms with Gasteiger partial charge in [-0.25, -0.2) is 4.79 Å². The number of benzene rings is 1. The SMILES string of the molecule is O=C(CSc1nnc(-c2cccs2)n1-c1ccccc1)NC(=O)NC1CC1. The van der Waals surface area contributed by atoms with Crippen LogP contribution in [0.4, 0.5) is 4.79 Å². The molecule has 3 amide bonds. The van der Waals surface area contributed by atoms with E-state index < -0.39 is 6.03 Å². The van der Waals surface area contributed by atoms with Gasteiger partial charge in [0.25, 0.3) is 0 Å². The van der Waals surface area contributed by atoms with Gasteiger partial charge in [0.1, 0.15) is 0 Å². The molecule has 1 aromatic carbocycles. The van der Waals surface area contributed by atoms with Crippen molar-refractivity contribution in [3.63, 3.8) is 0 Å². The van der Waals surface area contributed by atoms with Crippen LogP contribution < -0.4 is 10.6 Å². The molecule has 7 nitrogen and oxygen atoms in total. The summed E-state index contributed by atoms with van der Waals surface area (Å²) >= 11 is 2.82. The van der Waals surface area contributed by atoms with E-state index >= 15 is 0 Å². The number of nitrogens with zero attached hydrogens (tertiary/aromatic N) is 3. The summed E-state index contributed by atoms with van der Waals surface area (Å²) in [6, 6.07) is 13.5. The van der Waals surface area contributed by atoms with Crippen molar-refractivity contribution in [2.24, 2.45) is 0 Å². The zero-order valence-electron chi connectivity index (χ0n) is 14.3. The fourth-order valence-electron chi connectivity index (χ4n) is 2.48. The third-order valence-electron chi connectivity index (χ3n) is 3.89. The summed E-state index contributed by atoms with van der Waals surface area (Å²) in [5, 5.41) is 16.2. The Labute approximate surface area is 164 Å². The molecule has 1 saturated carbocycles. The minimum Gasteiger partial charge on any atom is -0.335 e. The van der Waals surface area contributed by atoms with Gasteiger partial charge in [-0.2, -0.15) is 0 Å². The van der Waals surface area contributed by atoms with Gasteiger partial charge in [-0.3, -0.25) is 14.7 Å². The summed E-state index contributed by atoms with van der Waals surface area (Å²) in [6.07, 6.45) is 1.95. The van der Waals surface area contributed by atoms with Gasteiger partial charge in [0.2, 0.25) is 5.91 Å². The van der Waals surface area contributed by atoms with Gasteiger partial charge >= 0.3 is 6.03 Å². The van der Waals surface area contributed by atoms with Crippen LogP contribution in [-0.2, 0) is 4.79 Å². The first kappa shape index (κ1) is 17.7. The van der Waals surface area contributed by atoms with Crippen LogP contribution in [0.5, 0.6) is 0 Å². The van der Waals surface area contributed by atoms with Crippen LogP contribution in [0.1, 0.15) is 12.8 Å². The van der Waals surface area contributed by atoms with Crippen molar-refractivity contribution < 1.29 is 9.59 Å². The van der Waals surface area contributed by atoms with Crippen LogP contribution in [0, 0.1) is 0 Å². The molecule has 4 rings (SSSR count). The van der Waals surface area contributed by atoms with E-state index in [1.54, 1.807) is 11.3 Å². The maximum atomic E-state index is 12.1. The van der Waals surface area contributed by atoms with Gasteiger partial charge < -0.3 is 5.32 Å². The van der Waals surface area contributed by atoms with E-state index in [0.717, 1.165) is 29.2 Å². The van der Waals surface area contributed by atoms with Gasteiger partial charge in [0.05, 0.1) is 10.6 Å². The lowest BCUT2D eigenvalue weighted by atomic mass is 10.3. The molecule has 1 aliphatic rings. The van der Waals surface area contributed by atoms with E-state index in [0.29, 0.717) is 5.16 Å². The molecule has 2 aromatic heterocycles. The number of nitrogens with one attached hydrogen (secondary N) is 2. The molecule has 138 valence electrons. The van der Waals surface area contributed by atoms with Gasteiger partial charge in [-0.15, -0.1) is 21.5 Å². The Bertz CT molecular complexity index is 936. The van der Waals surface area contributed by atoms with E-state index in [1.165, 1.54) is 11.8 Å². The number of hydrogen-bond donors (Lipinski definition) is 2. The molecule has 2 N–H and O–H groups in total. The number of thioether (sulfide) groups is 1. The van der Waals surface area contributed by atoms with Crippen molar-refractivity contribution in [1.82, 2.24) is 25.4 Å². The first-order chi connectivity index (χ1) is 13.2. The number of imide groups is 1. The fraction of sp³-hybridized carbons (Fsp3) is 0.222. The van der Waals surface area contributed by atoms with Crippen LogP contribution in [0.3, 0.4) is 0 Å². The average molecular weight is 400 g/mol. The lowest BCUT2D eigenvalue weighted by Gasteiger charge is -2.09. The van der Waals surface area contributed by atoms with Crippen LogP contribution in [-0.4, -0.2) is 38.5 Å². The van der Waals surface area contributed by atoms with E-state index in [2.05, 4.69) is 20.8 Å². The normalized spacial score (nSPS) is 13.3. The average Bonchev–Trinajstić information content (AvgIpc) is 3.16. The molecule has 1 aliphatic carbocycles. The number of urea groups is 1. The Kier molecular flexibility index (Phi) is 5.21. The Morgan fingerprint density at radius 3 is 2.67 bits per heavy atom. The summed E-state index contributed by atoms with van der Waals surface area (Å²) in [4.78, 5) is 24.7. The van der Waals surface area contributed by atoms with Crippen molar-refractivity contribution in [2.75, 3.05) is 5.75 Å². The number of carbonyl (C=O) groups is 2. The van der Waals surface area contributed by atoms with Gasteiger partial charge in [-0.1, -0.05) is 36.0 Å². The minimum atomic E-state index is -0.438. The summed E-state index contributed by atoms with van der Waals surface area (Å²) in [5.41, 5.74) is 0.917. The zero-order chi connectivity index (χ0) is 18.6. The molecule has 0 unspecified atom stereocenters. The topological polar surface area (TPSA) is 88.9 Å². The first-order valence-corrected chi connectivity index (χ1v) is 10.3. The molecule has 9 heteroatoms. The summed E-state index contributed by atoms with van der Waals surface area (Å²) < 4.78 is 1.92. The van der Waals surface area contributed by atoms with Crippen molar-refractivity contribution in [2.45, 2.75) is 24.0 Å². The summed E-state index contributed by atoms with van der Waals surface area (Å²) in [5.74, 6) is 0.442. The number of aromatic nitrogens is 3. The number of thiophene rings is 1.